The van der Waals surface area contributed by atoms with E-state index in [1.165, 1.54) is 0 Å². The molecular formula is C9H14O4. The molecule has 2 aliphatic heterocycles. The summed E-state index contributed by atoms with van der Waals surface area (Å²) in [5.74, 6) is -0.0764. The molecule has 0 spiro atoms. The van der Waals surface area contributed by atoms with Crippen LogP contribution in [0.4, 0.5) is 0 Å². The summed E-state index contributed by atoms with van der Waals surface area (Å²) in [6.45, 7) is 1.87. The third-order valence-electron chi connectivity index (χ3n) is 3.11. The SMILES string of the molecule is O=CC1(C2COCC2O)CCOC1. The van der Waals surface area contributed by atoms with Gasteiger partial charge in [-0.3, -0.25) is 0 Å². The van der Waals surface area contributed by atoms with Gasteiger partial charge in [0.05, 0.1) is 31.3 Å². The molecule has 74 valence electrons. The molecule has 2 saturated heterocycles. The Morgan fingerprint density at radius 1 is 1.38 bits per heavy atom. The van der Waals surface area contributed by atoms with Crippen LogP contribution in [0.25, 0.3) is 0 Å². The minimum Gasteiger partial charge on any atom is -0.390 e. The fraction of sp³-hybridized carbons (Fsp3) is 0.889. The van der Waals surface area contributed by atoms with Crippen LogP contribution in [0.2, 0.25) is 0 Å². The molecule has 0 saturated carbocycles. The molecule has 0 aromatic heterocycles. The summed E-state index contributed by atoms with van der Waals surface area (Å²) in [5, 5.41) is 9.61. The first-order chi connectivity index (χ1) is 6.28. The summed E-state index contributed by atoms with van der Waals surface area (Å²) in [5.41, 5.74) is -0.490. The molecule has 3 atom stereocenters. The monoisotopic (exact) mass is 186 g/mol. The summed E-state index contributed by atoms with van der Waals surface area (Å²) in [6.07, 6.45) is 1.14. The number of ether oxygens (including phenoxy) is 2. The van der Waals surface area contributed by atoms with E-state index in [1.54, 1.807) is 0 Å². The van der Waals surface area contributed by atoms with Crippen LogP contribution in [0.15, 0.2) is 0 Å². The van der Waals surface area contributed by atoms with Crippen LogP contribution >= 0.6 is 0 Å². The minimum atomic E-state index is -0.508. The molecular weight excluding hydrogens is 172 g/mol. The lowest BCUT2D eigenvalue weighted by molar-refractivity contribution is -0.121. The number of aldehydes is 1. The van der Waals surface area contributed by atoms with Gasteiger partial charge in [-0.25, -0.2) is 0 Å². The van der Waals surface area contributed by atoms with E-state index < -0.39 is 11.5 Å². The molecule has 2 fully saturated rings. The minimum absolute atomic E-state index is 0.0764. The Labute approximate surface area is 76.8 Å². The lowest BCUT2D eigenvalue weighted by atomic mass is 9.74. The summed E-state index contributed by atoms with van der Waals surface area (Å²) in [7, 11) is 0. The molecule has 0 aromatic carbocycles. The standard InChI is InChI=1S/C9H14O4/c10-5-9(1-2-12-6-9)7-3-13-4-8(7)11/h5,7-8,11H,1-4,6H2. The first-order valence-electron chi connectivity index (χ1n) is 4.58. The van der Waals surface area contributed by atoms with Crippen molar-refractivity contribution in [2.75, 3.05) is 26.4 Å². The third-order valence-corrected chi connectivity index (χ3v) is 3.11. The topological polar surface area (TPSA) is 55.8 Å². The highest BCUT2D eigenvalue weighted by molar-refractivity contribution is 5.61. The van der Waals surface area contributed by atoms with Gasteiger partial charge in [0, 0.05) is 12.5 Å². The molecule has 0 amide bonds. The molecule has 0 bridgehead atoms. The van der Waals surface area contributed by atoms with Crippen molar-refractivity contribution in [3.8, 4) is 0 Å². The van der Waals surface area contributed by atoms with Crippen LogP contribution in [0.3, 0.4) is 0 Å². The van der Waals surface area contributed by atoms with Crippen molar-refractivity contribution in [2.45, 2.75) is 12.5 Å². The Hall–Kier alpha value is -0.450. The van der Waals surface area contributed by atoms with Crippen LogP contribution < -0.4 is 0 Å². The normalized spacial score (nSPS) is 45.3. The van der Waals surface area contributed by atoms with Crippen LogP contribution in [0, 0.1) is 11.3 Å². The first kappa shape index (κ1) is 9.12. The maximum Gasteiger partial charge on any atom is 0.129 e. The first-order valence-corrected chi connectivity index (χ1v) is 4.58. The maximum absolute atomic E-state index is 11.0. The van der Waals surface area contributed by atoms with Gasteiger partial charge in [-0.2, -0.15) is 0 Å². The van der Waals surface area contributed by atoms with E-state index in [0.717, 1.165) is 6.29 Å². The molecule has 1 N–H and O–H groups in total. The molecule has 2 aliphatic rings. The highest BCUT2D eigenvalue weighted by Crippen LogP contribution is 2.39. The van der Waals surface area contributed by atoms with Gasteiger partial charge in [0.1, 0.15) is 6.29 Å². The molecule has 2 heterocycles. The average Bonchev–Trinajstić information content (AvgIpc) is 2.73. The van der Waals surface area contributed by atoms with Crippen LogP contribution in [0.5, 0.6) is 0 Å². The fourth-order valence-corrected chi connectivity index (χ4v) is 2.16. The highest BCUT2D eigenvalue weighted by Gasteiger charge is 2.47. The van der Waals surface area contributed by atoms with Crippen molar-refractivity contribution in [1.29, 1.82) is 0 Å². The van der Waals surface area contributed by atoms with Crippen LogP contribution in [-0.4, -0.2) is 43.9 Å². The molecule has 0 aliphatic carbocycles. The van der Waals surface area contributed by atoms with Crippen molar-refractivity contribution < 1.29 is 19.4 Å². The number of carbonyl (C=O) groups is 1. The quantitative estimate of drug-likeness (QED) is 0.596. The van der Waals surface area contributed by atoms with Crippen LogP contribution in [0.1, 0.15) is 6.42 Å². The highest BCUT2D eigenvalue weighted by atomic mass is 16.5. The van der Waals surface area contributed by atoms with Gasteiger partial charge in [-0.15, -0.1) is 0 Å². The lowest BCUT2D eigenvalue weighted by Crippen LogP contribution is -2.39. The van der Waals surface area contributed by atoms with Gasteiger partial charge in [0.25, 0.3) is 0 Å². The molecule has 0 radical (unpaired) electrons. The van der Waals surface area contributed by atoms with Crippen LogP contribution in [-0.2, 0) is 14.3 Å². The van der Waals surface area contributed by atoms with Gasteiger partial charge >= 0.3 is 0 Å². The van der Waals surface area contributed by atoms with Crippen molar-refractivity contribution in [2.24, 2.45) is 11.3 Å². The molecule has 13 heavy (non-hydrogen) atoms. The Morgan fingerprint density at radius 3 is 2.69 bits per heavy atom. The number of rotatable bonds is 2. The number of carbonyl (C=O) groups excluding carboxylic acids is 1. The second-order valence-corrected chi connectivity index (χ2v) is 3.86. The third kappa shape index (κ3) is 1.39. The predicted octanol–water partition coefficient (Wildman–Crippen LogP) is -0.401. The predicted molar refractivity (Wildman–Crippen MR) is 44.2 cm³/mol. The lowest BCUT2D eigenvalue weighted by Gasteiger charge is -2.28. The van der Waals surface area contributed by atoms with Gasteiger partial charge in [-0.1, -0.05) is 0 Å². The second-order valence-electron chi connectivity index (χ2n) is 3.86. The number of hydrogen-bond acceptors (Lipinski definition) is 4. The summed E-state index contributed by atoms with van der Waals surface area (Å²) >= 11 is 0. The van der Waals surface area contributed by atoms with E-state index in [9.17, 15) is 9.90 Å². The van der Waals surface area contributed by atoms with E-state index in [2.05, 4.69) is 0 Å². The molecule has 4 nitrogen and oxygen atoms in total. The average molecular weight is 186 g/mol. The Kier molecular flexibility index (Phi) is 2.36. The molecule has 0 aromatic rings. The zero-order chi connectivity index (χ0) is 9.31. The smallest absolute Gasteiger partial charge is 0.129 e. The van der Waals surface area contributed by atoms with Crippen molar-refractivity contribution in [1.82, 2.24) is 0 Å². The van der Waals surface area contributed by atoms with E-state index in [1.807, 2.05) is 0 Å². The van der Waals surface area contributed by atoms with Crippen molar-refractivity contribution >= 4 is 6.29 Å². The fourth-order valence-electron chi connectivity index (χ4n) is 2.16. The number of aliphatic hydroxyl groups excluding tert-OH is 1. The zero-order valence-corrected chi connectivity index (χ0v) is 7.44. The second kappa shape index (κ2) is 3.36. The summed E-state index contributed by atoms with van der Waals surface area (Å²) in [4.78, 5) is 11.0. The Balaban J connectivity index is 2.15. The summed E-state index contributed by atoms with van der Waals surface area (Å²) in [6, 6.07) is 0. The molecule has 2 rings (SSSR count). The van der Waals surface area contributed by atoms with E-state index in [-0.39, 0.29) is 5.92 Å². The summed E-state index contributed by atoms with van der Waals surface area (Å²) < 4.78 is 10.4. The molecule has 3 unspecified atom stereocenters. The van der Waals surface area contributed by atoms with Gasteiger partial charge in [0.15, 0.2) is 0 Å². The van der Waals surface area contributed by atoms with Gasteiger partial charge in [-0.05, 0) is 6.42 Å². The molecule has 4 heteroatoms. The maximum atomic E-state index is 11.0. The van der Waals surface area contributed by atoms with E-state index >= 15 is 0 Å². The van der Waals surface area contributed by atoms with E-state index in [0.29, 0.717) is 32.8 Å². The van der Waals surface area contributed by atoms with E-state index in [4.69, 9.17) is 9.47 Å². The zero-order valence-electron chi connectivity index (χ0n) is 7.44. The number of hydrogen-bond donors (Lipinski definition) is 1. The Morgan fingerprint density at radius 2 is 2.23 bits per heavy atom. The van der Waals surface area contributed by atoms with Crippen molar-refractivity contribution in [3.63, 3.8) is 0 Å². The van der Waals surface area contributed by atoms with Crippen molar-refractivity contribution in [3.05, 3.63) is 0 Å². The largest absolute Gasteiger partial charge is 0.390 e. The Bertz CT molecular complexity index is 198. The number of aliphatic hydroxyl groups is 1. The van der Waals surface area contributed by atoms with Gasteiger partial charge < -0.3 is 19.4 Å². The van der Waals surface area contributed by atoms with Gasteiger partial charge in [0.2, 0.25) is 0 Å².